The third-order valence-electron chi connectivity index (χ3n) is 4.33. The molecule has 144 valence electrons. The van der Waals surface area contributed by atoms with Gasteiger partial charge in [0.15, 0.2) is 0 Å². The molecule has 2 aromatic rings. The Hall–Kier alpha value is -1.80. The van der Waals surface area contributed by atoms with E-state index in [-0.39, 0.29) is 17.5 Å². The summed E-state index contributed by atoms with van der Waals surface area (Å²) in [4.78, 5) is 28.0. The number of nitrogens with zero attached hydrogens (tertiary/aromatic N) is 4. The van der Waals surface area contributed by atoms with Crippen LogP contribution in [0, 0.1) is 0 Å². The highest BCUT2D eigenvalue weighted by Crippen LogP contribution is 2.26. The topological polar surface area (TPSA) is 67.7 Å². The Morgan fingerprint density at radius 1 is 1.15 bits per heavy atom. The first-order valence-corrected chi connectivity index (χ1v) is 9.31. The Bertz CT molecular complexity index is 911. The standard InChI is InChI=1S/C17H17Cl3N4O3/c1-27-15(25)10-22-4-6-23(7-5-22)14-9-21-24(17(26)16(14)20)13-3-2-11(18)8-12(13)19/h2-3,8-9H,4-7,10H2,1H3. The predicted molar refractivity (Wildman–Crippen MR) is 106 cm³/mol. The van der Waals surface area contributed by atoms with Gasteiger partial charge in [-0.15, -0.1) is 0 Å². The minimum Gasteiger partial charge on any atom is -0.468 e. The van der Waals surface area contributed by atoms with Gasteiger partial charge in [-0.3, -0.25) is 14.5 Å². The number of carbonyl (C=O) groups excluding carboxylic acids is 1. The SMILES string of the molecule is COC(=O)CN1CCN(c2cnn(-c3ccc(Cl)cc3Cl)c(=O)c2Cl)CC1. The quantitative estimate of drug-likeness (QED) is 0.693. The van der Waals surface area contributed by atoms with Crippen LogP contribution in [0.3, 0.4) is 0 Å². The van der Waals surface area contributed by atoms with Crippen molar-refractivity contribution in [2.75, 3.05) is 44.7 Å². The van der Waals surface area contributed by atoms with Crippen LogP contribution in [0.1, 0.15) is 0 Å². The molecule has 27 heavy (non-hydrogen) atoms. The molecule has 1 aromatic carbocycles. The number of ether oxygens (including phenoxy) is 1. The number of carbonyl (C=O) groups is 1. The minimum atomic E-state index is -0.463. The fraction of sp³-hybridized carbons (Fsp3) is 0.353. The van der Waals surface area contributed by atoms with Gasteiger partial charge in [0.05, 0.1) is 36.2 Å². The third-order valence-corrected chi connectivity index (χ3v) is 5.22. The van der Waals surface area contributed by atoms with Crippen molar-refractivity contribution < 1.29 is 9.53 Å². The summed E-state index contributed by atoms with van der Waals surface area (Å²) in [5, 5.41) is 5.05. The van der Waals surface area contributed by atoms with Crippen LogP contribution in [0.4, 0.5) is 5.69 Å². The number of halogens is 3. The molecule has 0 radical (unpaired) electrons. The van der Waals surface area contributed by atoms with Crippen molar-refractivity contribution in [2.24, 2.45) is 0 Å². The van der Waals surface area contributed by atoms with E-state index in [0.717, 1.165) is 4.68 Å². The van der Waals surface area contributed by atoms with E-state index < -0.39 is 5.56 Å². The molecule has 1 fully saturated rings. The molecule has 1 saturated heterocycles. The van der Waals surface area contributed by atoms with Crippen molar-refractivity contribution in [1.82, 2.24) is 14.7 Å². The molecule has 1 aliphatic rings. The van der Waals surface area contributed by atoms with Gasteiger partial charge in [0.1, 0.15) is 5.02 Å². The van der Waals surface area contributed by atoms with Crippen molar-refractivity contribution in [3.05, 3.63) is 49.8 Å². The van der Waals surface area contributed by atoms with Crippen molar-refractivity contribution >= 4 is 46.5 Å². The fourth-order valence-electron chi connectivity index (χ4n) is 2.86. The second kappa shape index (κ2) is 8.48. The normalized spacial score (nSPS) is 15.0. The largest absolute Gasteiger partial charge is 0.468 e. The fourth-order valence-corrected chi connectivity index (χ4v) is 3.60. The molecule has 0 amide bonds. The van der Waals surface area contributed by atoms with Crippen molar-refractivity contribution in [2.45, 2.75) is 0 Å². The van der Waals surface area contributed by atoms with Crippen LogP contribution in [-0.4, -0.2) is 60.5 Å². The van der Waals surface area contributed by atoms with Crippen LogP contribution in [0.15, 0.2) is 29.2 Å². The third kappa shape index (κ3) is 4.38. The molecular formula is C17H17Cl3N4O3. The first-order chi connectivity index (χ1) is 12.9. The molecule has 0 bridgehead atoms. The number of piperazine rings is 1. The van der Waals surface area contributed by atoms with Gasteiger partial charge < -0.3 is 9.64 Å². The number of esters is 1. The summed E-state index contributed by atoms with van der Waals surface area (Å²) < 4.78 is 5.83. The van der Waals surface area contributed by atoms with E-state index in [1.807, 2.05) is 9.80 Å². The van der Waals surface area contributed by atoms with Gasteiger partial charge >= 0.3 is 5.97 Å². The first-order valence-electron chi connectivity index (χ1n) is 8.18. The Morgan fingerprint density at radius 3 is 2.48 bits per heavy atom. The summed E-state index contributed by atoms with van der Waals surface area (Å²) >= 11 is 18.4. The number of benzene rings is 1. The number of hydrogen-bond donors (Lipinski definition) is 0. The molecule has 0 unspecified atom stereocenters. The minimum absolute atomic E-state index is 0.0671. The van der Waals surface area contributed by atoms with E-state index in [2.05, 4.69) is 9.84 Å². The molecule has 10 heteroatoms. The van der Waals surface area contributed by atoms with Gasteiger partial charge in [-0.2, -0.15) is 9.78 Å². The maximum absolute atomic E-state index is 12.7. The Balaban J connectivity index is 1.80. The lowest BCUT2D eigenvalue weighted by Gasteiger charge is -2.35. The van der Waals surface area contributed by atoms with E-state index in [9.17, 15) is 9.59 Å². The summed E-state index contributed by atoms with van der Waals surface area (Å²) in [5.74, 6) is -0.273. The van der Waals surface area contributed by atoms with E-state index in [1.165, 1.54) is 13.2 Å². The zero-order valence-electron chi connectivity index (χ0n) is 14.5. The molecule has 2 heterocycles. The number of methoxy groups -OCH3 is 1. The molecule has 0 aliphatic carbocycles. The molecule has 7 nitrogen and oxygen atoms in total. The Kier molecular flexibility index (Phi) is 6.26. The van der Waals surface area contributed by atoms with Gasteiger partial charge in [0.25, 0.3) is 5.56 Å². The molecule has 0 N–H and O–H groups in total. The maximum atomic E-state index is 12.7. The maximum Gasteiger partial charge on any atom is 0.319 e. The summed E-state index contributed by atoms with van der Waals surface area (Å²) in [7, 11) is 1.37. The smallest absolute Gasteiger partial charge is 0.319 e. The van der Waals surface area contributed by atoms with Crippen molar-refractivity contribution in [3.63, 3.8) is 0 Å². The van der Waals surface area contributed by atoms with E-state index in [4.69, 9.17) is 34.8 Å². The molecule has 0 spiro atoms. The second-order valence-corrected chi connectivity index (χ2v) is 7.22. The molecule has 1 aliphatic heterocycles. The summed E-state index contributed by atoms with van der Waals surface area (Å²) in [6.45, 7) is 2.77. The number of hydrogen-bond acceptors (Lipinski definition) is 6. The highest BCUT2D eigenvalue weighted by atomic mass is 35.5. The molecule has 1 aromatic heterocycles. The van der Waals surface area contributed by atoms with Crippen LogP contribution < -0.4 is 10.5 Å². The zero-order valence-corrected chi connectivity index (χ0v) is 16.8. The predicted octanol–water partition coefficient (Wildman–Crippen LogP) is 2.49. The van der Waals surface area contributed by atoms with Crippen LogP contribution in [0.5, 0.6) is 0 Å². The lowest BCUT2D eigenvalue weighted by atomic mass is 10.2. The monoisotopic (exact) mass is 430 g/mol. The van der Waals surface area contributed by atoms with E-state index in [1.54, 1.807) is 18.3 Å². The lowest BCUT2D eigenvalue weighted by molar-refractivity contribution is -0.142. The zero-order chi connectivity index (χ0) is 19.6. The average molecular weight is 432 g/mol. The number of anilines is 1. The lowest BCUT2D eigenvalue weighted by Crippen LogP contribution is -2.48. The molecule has 0 saturated carbocycles. The average Bonchev–Trinajstić information content (AvgIpc) is 2.65. The van der Waals surface area contributed by atoms with Gasteiger partial charge in [-0.1, -0.05) is 34.8 Å². The highest BCUT2D eigenvalue weighted by molar-refractivity contribution is 6.36. The van der Waals surface area contributed by atoms with Gasteiger partial charge in [-0.05, 0) is 18.2 Å². The number of rotatable bonds is 4. The summed E-state index contributed by atoms with van der Waals surface area (Å²) in [6, 6.07) is 4.77. The Labute approximate surface area is 171 Å². The van der Waals surface area contributed by atoms with E-state index in [0.29, 0.717) is 47.6 Å². The highest BCUT2D eigenvalue weighted by Gasteiger charge is 2.23. The van der Waals surface area contributed by atoms with Crippen LogP contribution in [0.25, 0.3) is 5.69 Å². The first kappa shape index (κ1) is 19.9. The Morgan fingerprint density at radius 2 is 1.85 bits per heavy atom. The van der Waals surface area contributed by atoms with Gasteiger partial charge in [0, 0.05) is 31.2 Å². The number of aromatic nitrogens is 2. The van der Waals surface area contributed by atoms with Crippen molar-refractivity contribution in [3.8, 4) is 5.69 Å². The van der Waals surface area contributed by atoms with Crippen LogP contribution >= 0.6 is 34.8 Å². The molecular weight excluding hydrogens is 415 g/mol. The van der Waals surface area contributed by atoms with Crippen molar-refractivity contribution in [1.29, 1.82) is 0 Å². The molecule has 0 atom stereocenters. The van der Waals surface area contributed by atoms with Gasteiger partial charge in [-0.25, -0.2) is 0 Å². The summed E-state index contributed by atoms with van der Waals surface area (Å²) in [6.07, 6.45) is 1.55. The van der Waals surface area contributed by atoms with Gasteiger partial charge in [0.2, 0.25) is 0 Å². The van der Waals surface area contributed by atoms with Crippen LogP contribution in [0.2, 0.25) is 15.1 Å². The molecule has 3 rings (SSSR count). The van der Waals surface area contributed by atoms with Crippen LogP contribution in [-0.2, 0) is 9.53 Å². The second-order valence-electron chi connectivity index (χ2n) is 6.00. The van der Waals surface area contributed by atoms with E-state index >= 15 is 0 Å². The summed E-state index contributed by atoms with van der Waals surface area (Å²) in [5.41, 5.74) is 0.499.